The fourth-order valence-electron chi connectivity index (χ4n) is 3.75. The van der Waals surface area contributed by atoms with Gasteiger partial charge in [0.15, 0.2) is 0 Å². The summed E-state index contributed by atoms with van der Waals surface area (Å²) in [5.74, 6) is -0.306. The molecule has 5 rings (SSSR count). The van der Waals surface area contributed by atoms with Crippen LogP contribution in [0.4, 0.5) is 11.4 Å². The Morgan fingerprint density at radius 1 is 0.939 bits per heavy atom. The first-order chi connectivity index (χ1) is 16.0. The second kappa shape index (κ2) is 8.70. The lowest BCUT2D eigenvalue weighted by atomic mass is 9.99. The molecule has 6 heteroatoms. The number of rotatable bonds is 4. The number of aromatic nitrogens is 1. The predicted molar refractivity (Wildman–Crippen MR) is 139 cm³/mol. The second-order valence-electron chi connectivity index (χ2n) is 7.75. The number of nitrogens with zero attached hydrogens (tertiary/aromatic N) is 1. The van der Waals surface area contributed by atoms with Gasteiger partial charge >= 0.3 is 0 Å². The van der Waals surface area contributed by atoms with Crippen LogP contribution in [-0.4, -0.2) is 10.9 Å². The number of anilines is 2. The number of benzene rings is 3. The lowest BCUT2D eigenvalue weighted by Gasteiger charge is -2.09. The molecule has 0 spiro atoms. The number of nitrogens with two attached hydrogens (primary N) is 1. The summed E-state index contributed by atoms with van der Waals surface area (Å²) in [6, 6.07) is 27.4. The number of halogens is 1. The molecule has 3 N–H and O–H groups in total. The number of carbonyl (C=O) groups is 1. The Morgan fingerprint density at radius 3 is 2.36 bits per heavy atom. The van der Waals surface area contributed by atoms with Crippen molar-refractivity contribution in [2.45, 2.75) is 6.92 Å². The summed E-state index contributed by atoms with van der Waals surface area (Å²) in [5, 5.41) is 4.12. The minimum atomic E-state index is -0.306. The van der Waals surface area contributed by atoms with Crippen molar-refractivity contribution in [2.75, 3.05) is 11.1 Å². The average molecular weight is 470 g/mol. The molecule has 0 saturated heterocycles. The molecular weight excluding hydrogens is 450 g/mol. The Morgan fingerprint density at radius 2 is 1.64 bits per heavy atom. The van der Waals surface area contributed by atoms with Crippen molar-refractivity contribution >= 4 is 50.4 Å². The number of hydrogen-bond acceptors (Lipinski definition) is 4. The molecule has 0 aliphatic rings. The summed E-state index contributed by atoms with van der Waals surface area (Å²) in [4.78, 5) is 19.1. The topological polar surface area (TPSA) is 68.0 Å². The Balaban J connectivity index is 1.68. The molecule has 3 aromatic carbocycles. The van der Waals surface area contributed by atoms with Crippen LogP contribution in [0.25, 0.3) is 32.6 Å². The molecule has 0 atom stereocenters. The first-order valence-corrected chi connectivity index (χ1v) is 11.6. The van der Waals surface area contributed by atoms with Crippen molar-refractivity contribution in [3.8, 4) is 22.4 Å². The molecule has 162 valence electrons. The van der Waals surface area contributed by atoms with Gasteiger partial charge in [-0.15, -0.1) is 11.3 Å². The van der Waals surface area contributed by atoms with Gasteiger partial charge in [0.2, 0.25) is 0 Å². The van der Waals surface area contributed by atoms with Crippen molar-refractivity contribution < 1.29 is 4.79 Å². The highest BCUT2D eigenvalue weighted by Gasteiger charge is 2.22. The first-order valence-electron chi connectivity index (χ1n) is 10.4. The Bertz CT molecular complexity index is 1480. The Hall–Kier alpha value is -3.67. The van der Waals surface area contributed by atoms with Gasteiger partial charge in [-0.25, -0.2) is 4.98 Å². The van der Waals surface area contributed by atoms with E-state index in [0.717, 1.165) is 27.8 Å². The van der Waals surface area contributed by atoms with Gasteiger partial charge in [-0.1, -0.05) is 83.9 Å². The van der Waals surface area contributed by atoms with E-state index in [9.17, 15) is 4.79 Å². The van der Waals surface area contributed by atoms with Crippen molar-refractivity contribution in [1.29, 1.82) is 0 Å². The molecule has 1 amide bonds. The fourth-order valence-corrected chi connectivity index (χ4v) is 4.95. The number of aryl methyl sites for hydroxylation is 1. The molecule has 5 aromatic rings. The number of para-hydroxylation sites is 1. The maximum absolute atomic E-state index is 13.1. The van der Waals surface area contributed by atoms with Crippen molar-refractivity contribution in [3.63, 3.8) is 0 Å². The third-order valence-electron chi connectivity index (χ3n) is 5.46. The molecule has 0 aliphatic carbocycles. The van der Waals surface area contributed by atoms with Crippen LogP contribution in [0.3, 0.4) is 0 Å². The Labute approximate surface area is 200 Å². The van der Waals surface area contributed by atoms with E-state index in [-0.39, 0.29) is 5.91 Å². The summed E-state index contributed by atoms with van der Waals surface area (Å²) in [6.45, 7) is 2.06. The minimum absolute atomic E-state index is 0.306. The van der Waals surface area contributed by atoms with Gasteiger partial charge in [-0.2, -0.15) is 0 Å². The number of fused-ring (bicyclic) bond motifs is 1. The van der Waals surface area contributed by atoms with Gasteiger partial charge in [-0.3, -0.25) is 4.79 Å². The molecule has 33 heavy (non-hydrogen) atoms. The number of thiophene rings is 1. The normalized spacial score (nSPS) is 11.0. The van der Waals surface area contributed by atoms with Crippen LogP contribution < -0.4 is 11.1 Å². The van der Waals surface area contributed by atoms with Gasteiger partial charge in [0.05, 0.1) is 22.1 Å². The van der Waals surface area contributed by atoms with E-state index < -0.39 is 0 Å². The zero-order chi connectivity index (χ0) is 22.9. The number of nitrogen functional groups attached to an aromatic ring is 1. The van der Waals surface area contributed by atoms with Crippen LogP contribution in [0.15, 0.2) is 84.9 Å². The van der Waals surface area contributed by atoms with Gasteiger partial charge in [-0.05, 0) is 36.2 Å². The van der Waals surface area contributed by atoms with Crippen LogP contribution in [-0.2, 0) is 0 Å². The molecule has 0 radical (unpaired) electrons. The number of nitrogens with one attached hydrogen (secondary N) is 1. The van der Waals surface area contributed by atoms with Gasteiger partial charge in [0, 0.05) is 10.9 Å². The lowest BCUT2D eigenvalue weighted by Crippen LogP contribution is -2.12. The standard InChI is InChI=1S/C27H20ClN3OS/c1-16-11-13-18(14-12-16)22-15-19(17-7-3-2-4-8-17)23-24(29)25(33-27(23)31-22)26(32)30-21-10-6-5-9-20(21)28/h2-15H,29H2,1H3,(H,30,32). The summed E-state index contributed by atoms with van der Waals surface area (Å²) in [5.41, 5.74) is 12.5. The van der Waals surface area contributed by atoms with E-state index in [2.05, 4.69) is 36.5 Å². The summed E-state index contributed by atoms with van der Waals surface area (Å²) in [6.07, 6.45) is 0. The molecule has 4 nitrogen and oxygen atoms in total. The van der Waals surface area contributed by atoms with Crippen LogP contribution in [0, 0.1) is 6.92 Å². The molecular formula is C27H20ClN3OS. The highest BCUT2D eigenvalue weighted by Crippen LogP contribution is 2.41. The smallest absolute Gasteiger partial charge is 0.267 e. The van der Waals surface area contributed by atoms with E-state index in [4.69, 9.17) is 22.3 Å². The van der Waals surface area contributed by atoms with E-state index in [1.807, 2.05) is 48.5 Å². The minimum Gasteiger partial charge on any atom is -0.397 e. The second-order valence-corrected chi connectivity index (χ2v) is 9.15. The van der Waals surface area contributed by atoms with Gasteiger partial charge in [0.1, 0.15) is 9.71 Å². The monoisotopic (exact) mass is 469 g/mol. The van der Waals surface area contributed by atoms with Crippen molar-refractivity contribution in [1.82, 2.24) is 4.98 Å². The van der Waals surface area contributed by atoms with Crippen LogP contribution >= 0.6 is 22.9 Å². The number of amides is 1. The lowest BCUT2D eigenvalue weighted by molar-refractivity contribution is 0.103. The maximum atomic E-state index is 13.1. The zero-order valence-electron chi connectivity index (χ0n) is 17.8. The van der Waals surface area contributed by atoms with E-state index in [1.54, 1.807) is 12.1 Å². The third kappa shape index (κ3) is 4.09. The van der Waals surface area contributed by atoms with E-state index >= 15 is 0 Å². The number of carbonyl (C=O) groups excluding carboxylic acids is 1. The van der Waals surface area contributed by atoms with Gasteiger partial charge < -0.3 is 11.1 Å². The molecule has 0 unspecified atom stereocenters. The first kappa shape index (κ1) is 21.2. The highest BCUT2D eigenvalue weighted by molar-refractivity contribution is 7.21. The van der Waals surface area contributed by atoms with Crippen LogP contribution in [0.5, 0.6) is 0 Å². The van der Waals surface area contributed by atoms with Crippen LogP contribution in [0.2, 0.25) is 5.02 Å². The fraction of sp³-hybridized carbons (Fsp3) is 0.0370. The molecule has 0 aliphatic heterocycles. The predicted octanol–water partition coefficient (Wildman–Crippen LogP) is 7.43. The zero-order valence-corrected chi connectivity index (χ0v) is 19.4. The molecule has 2 aromatic heterocycles. The SMILES string of the molecule is Cc1ccc(-c2cc(-c3ccccc3)c3c(N)c(C(=O)Nc4ccccc4Cl)sc3n2)cc1. The Kier molecular flexibility index (Phi) is 5.58. The molecule has 0 fully saturated rings. The highest BCUT2D eigenvalue weighted by atomic mass is 35.5. The van der Waals surface area contributed by atoms with E-state index in [1.165, 1.54) is 16.9 Å². The number of hydrogen-bond donors (Lipinski definition) is 2. The molecule has 0 bridgehead atoms. The van der Waals surface area contributed by atoms with Crippen molar-refractivity contribution in [3.05, 3.63) is 100 Å². The summed E-state index contributed by atoms with van der Waals surface area (Å²) >= 11 is 7.51. The third-order valence-corrected chi connectivity index (χ3v) is 6.89. The van der Waals surface area contributed by atoms with Crippen molar-refractivity contribution in [2.24, 2.45) is 0 Å². The largest absolute Gasteiger partial charge is 0.397 e. The molecule has 0 saturated carbocycles. The molecule has 2 heterocycles. The summed E-state index contributed by atoms with van der Waals surface area (Å²) in [7, 11) is 0. The number of pyridine rings is 1. The van der Waals surface area contributed by atoms with E-state index in [0.29, 0.717) is 26.1 Å². The van der Waals surface area contributed by atoms with Gasteiger partial charge in [0.25, 0.3) is 5.91 Å². The quantitative estimate of drug-likeness (QED) is 0.287. The average Bonchev–Trinajstić information content (AvgIpc) is 3.17. The van der Waals surface area contributed by atoms with Crippen LogP contribution in [0.1, 0.15) is 15.2 Å². The summed E-state index contributed by atoms with van der Waals surface area (Å²) < 4.78 is 0. The maximum Gasteiger partial charge on any atom is 0.267 e.